The lowest BCUT2D eigenvalue weighted by molar-refractivity contribution is 0.101. The van der Waals surface area contributed by atoms with Gasteiger partial charge in [0.2, 0.25) is 0 Å². The Morgan fingerprint density at radius 2 is 1.94 bits per heavy atom. The van der Waals surface area contributed by atoms with Crippen LogP contribution in [0.5, 0.6) is 0 Å². The monoisotopic (exact) mass is 228 g/mol. The molecule has 1 aromatic heterocycles. The number of rotatable bonds is 3. The van der Waals surface area contributed by atoms with Crippen LogP contribution >= 0.6 is 0 Å². The Morgan fingerprint density at radius 1 is 1.29 bits per heavy atom. The van der Waals surface area contributed by atoms with Crippen LogP contribution in [0.3, 0.4) is 0 Å². The fourth-order valence-corrected chi connectivity index (χ4v) is 1.85. The van der Waals surface area contributed by atoms with Gasteiger partial charge in [-0.3, -0.25) is 9.48 Å². The van der Waals surface area contributed by atoms with Crippen molar-refractivity contribution in [3.63, 3.8) is 0 Å². The summed E-state index contributed by atoms with van der Waals surface area (Å²) < 4.78 is 1.92. The van der Waals surface area contributed by atoms with E-state index in [4.69, 9.17) is 0 Å². The predicted octanol–water partition coefficient (Wildman–Crippen LogP) is 3.08. The van der Waals surface area contributed by atoms with Gasteiger partial charge in [0.1, 0.15) is 0 Å². The minimum atomic E-state index is 0.0949. The number of nitrogens with zero attached hydrogens (tertiary/aromatic N) is 2. The molecule has 0 aliphatic carbocycles. The average molecular weight is 228 g/mol. The summed E-state index contributed by atoms with van der Waals surface area (Å²) in [6.45, 7) is 6.51. The van der Waals surface area contributed by atoms with Crippen LogP contribution in [-0.2, 0) is 6.54 Å². The van der Waals surface area contributed by atoms with E-state index in [0.717, 1.165) is 28.9 Å². The number of carbonyl (C=O) groups excluding carboxylic acids is 1. The van der Waals surface area contributed by atoms with Gasteiger partial charge >= 0.3 is 0 Å². The molecule has 0 spiro atoms. The van der Waals surface area contributed by atoms with Crippen molar-refractivity contribution in [2.45, 2.75) is 27.3 Å². The topological polar surface area (TPSA) is 34.9 Å². The van der Waals surface area contributed by atoms with Crippen LogP contribution in [0.15, 0.2) is 30.5 Å². The predicted molar refractivity (Wildman–Crippen MR) is 68.1 cm³/mol. The summed E-state index contributed by atoms with van der Waals surface area (Å²) in [6, 6.07) is 7.67. The molecule has 1 aromatic carbocycles. The highest BCUT2D eigenvalue weighted by atomic mass is 16.1. The van der Waals surface area contributed by atoms with Crippen molar-refractivity contribution in [2.75, 3.05) is 0 Å². The van der Waals surface area contributed by atoms with Crippen molar-refractivity contribution >= 4 is 5.78 Å². The molecule has 3 heteroatoms. The van der Waals surface area contributed by atoms with E-state index >= 15 is 0 Å². The van der Waals surface area contributed by atoms with Gasteiger partial charge < -0.3 is 0 Å². The van der Waals surface area contributed by atoms with Crippen LogP contribution in [0.4, 0.5) is 0 Å². The molecule has 2 rings (SSSR count). The van der Waals surface area contributed by atoms with Crippen LogP contribution in [-0.4, -0.2) is 15.6 Å². The summed E-state index contributed by atoms with van der Waals surface area (Å²) in [7, 11) is 0. The lowest BCUT2D eigenvalue weighted by Crippen LogP contribution is -1.93. The van der Waals surface area contributed by atoms with Crippen molar-refractivity contribution in [1.29, 1.82) is 0 Å². The highest BCUT2D eigenvalue weighted by Crippen LogP contribution is 2.22. The zero-order valence-electron chi connectivity index (χ0n) is 10.4. The molecule has 0 N–H and O–H groups in total. The van der Waals surface area contributed by atoms with Crippen LogP contribution in [0.2, 0.25) is 0 Å². The fourth-order valence-electron chi connectivity index (χ4n) is 1.85. The van der Waals surface area contributed by atoms with Gasteiger partial charge in [0, 0.05) is 23.9 Å². The first-order valence-corrected chi connectivity index (χ1v) is 5.77. The van der Waals surface area contributed by atoms with E-state index in [1.54, 1.807) is 6.92 Å². The molecule has 2 aromatic rings. The number of hydrogen-bond acceptors (Lipinski definition) is 2. The second-order valence-corrected chi connectivity index (χ2v) is 4.12. The summed E-state index contributed by atoms with van der Waals surface area (Å²) in [5.41, 5.74) is 3.99. The summed E-state index contributed by atoms with van der Waals surface area (Å²) in [5, 5.41) is 4.41. The number of aromatic nitrogens is 2. The van der Waals surface area contributed by atoms with Gasteiger partial charge in [-0.1, -0.05) is 24.3 Å². The van der Waals surface area contributed by atoms with Crippen LogP contribution in [0.25, 0.3) is 11.1 Å². The Bertz CT molecular complexity index is 538. The third-order valence-electron chi connectivity index (χ3n) is 2.87. The summed E-state index contributed by atoms with van der Waals surface area (Å²) in [6.07, 6.45) is 2.04. The van der Waals surface area contributed by atoms with Crippen molar-refractivity contribution in [2.24, 2.45) is 0 Å². The second-order valence-electron chi connectivity index (χ2n) is 4.12. The zero-order valence-corrected chi connectivity index (χ0v) is 10.4. The zero-order chi connectivity index (χ0) is 12.4. The molecule has 0 bridgehead atoms. The quantitative estimate of drug-likeness (QED) is 0.757. The molecule has 0 aliphatic rings. The Kier molecular flexibility index (Phi) is 3.09. The van der Waals surface area contributed by atoms with Gasteiger partial charge in [0.25, 0.3) is 0 Å². The van der Waals surface area contributed by atoms with Gasteiger partial charge in [-0.05, 0) is 26.3 Å². The summed E-state index contributed by atoms with van der Waals surface area (Å²) in [5.74, 6) is 0.0949. The Balaban J connectivity index is 2.39. The van der Waals surface area contributed by atoms with Crippen LogP contribution in [0.1, 0.15) is 29.9 Å². The van der Waals surface area contributed by atoms with Gasteiger partial charge in [-0.25, -0.2) is 0 Å². The number of aryl methyl sites for hydroxylation is 2. The van der Waals surface area contributed by atoms with E-state index in [2.05, 4.69) is 12.0 Å². The van der Waals surface area contributed by atoms with Crippen molar-refractivity contribution in [3.8, 4) is 11.1 Å². The number of hydrogen-bond donors (Lipinski definition) is 0. The Labute approximate surface area is 101 Å². The smallest absolute Gasteiger partial charge is 0.159 e. The summed E-state index contributed by atoms with van der Waals surface area (Å²) in [4.78, 5) is 11.2. The SMILES string of the molecule is CCn1cc(-c2ccc(C(C)=O)cc2)c(C)n1. The molecule has 0 atom stereocenters. The lowest BCUT2D eigenvalue weighted by Gasteiger charge is -2.00. The maximum Gasteiger partial charge on any atom is 0.159 e. The van der Waals surface area contributed by atoms with Crippen molar-refractivity contribution in [1.82, 2.24) is 9.78 Å². The van der Waals surface area contributed by atoms with Crippen molar-refractivity contribution < 1.29 is 4.79 Å². The Hall–Kier alpha value is -1.90. The molecule has 88 valence electrons. The van der Waals surface area contributed by atoms with E-state index in [9.17, 15) is 4.79 Å². The molecule has 0 saturated carbocycles. The summed E-state index contributed by atoms with van der Waals surface area (Å²) >= 11 is 0. The van der Waals surface area contributed by atoms with E-state index in [1.165, 1.54) is 0 Å². The van der Waals surface area contributed by atoms with Gasteiger partial charge in [-0.15, -0.1) is 0 Å². The minimum Gasteiger partial charge on any atom is -0.295 e. The first kappa shape index (κ1) is 11.6. The van der Waals surface area contributed by atoms with E-state index < -0.39 is 0 Å². The molecule has 1 heterocycles. The first-order valence-electron chi connectivity index (χ1n) is 5.77. The molecule has 0 radical (unpaired) electrons. The fraction of sp³-hybridized carbons (Fsp3) is 0.286. The lowest BCUT2D eigenvalue weighted by atomic mass is 10.0. The molecule has 0 amide bonds. The highest BCUT2D eigenvalue weighted by Gasteiger charge is 2.07. The van der Waals surface area contributed by atoms with E-state index in [0.29, 0.717) is 0 Å². The van der Waals surface area contributed by atoms with Crippen LogP contribution in [0, 0.1) is 6.92 Å². The number of benzene rings is 1. The average Bonchev–Trinajstić information content (AvgIpc) is 2.71. The van der Waals surface area contributed by atoms with Gasteiger partial charge in [0.05, 0.1) is 5.69 Å². The molecule has 0 aliphatic heterocycles. The molecule has 0 saturated heterocycles. The highest BCUT2D eigenvalue weighted by molar-refractivity contribution is 5.94. The number of carbonyl (C=O) groups is 1. The molecule has 17 heavy (non-hydrogen) atoms. The van der Waals surface area contributed by atoms with E-state index in [1.807, 2.05) is 42.1 Å². The molecule has 0 unspecified atom stereocenters. The molecular formula is C14H16N2O. The van der Waals surface area contributed by atoms with Gasteiger partial charge in [-0.2, -0.15) is 5.10 Å². The minimum absolute atomic E-state index is 0.0949. The molecule has 3 nitrogen and oxygen atoms in total. The first-order chi connectivity index (χ1) is 8.11. The normalized spacial score (nSPS) is 10.5. The van der Waals surface area contributed by atoms with Crippen molar-refractivity contribution in [3.05, 3.63) is 41.7 Å². The maximum atomic E-state index is 11.2. The number of ketones is 1. The third kappa shape index (κ3) is 2.28. The third-order valence-corrected chi connectivity index (χ3v) is 2.87. The standard InChI is InChI=1S/C14H16N2O/c1-4-16-9-14(10(2)15-16)13-7-5-12(6-8-13)11(3)17/h5-9H,4H2,1-3H3. The molecular weight excluding hydrogens is 212 g/mol. The second kappa shape index (κ2) is 4.53. The largest absolute Gasteiger partial charge is 0.295 e. The van der Waals surface area contributed by atoms with Gasteiger partial charge in [0.15, 0.2) is 5.78 Å². The maximum absolute atomic E-state index is 11.2. The van der Waals surface area contributed by atoms with Crippen LogP contribution < -0.4 is 0 Å². The number of Topliss-reactive ketones (excluding diaryl/α,β-unsaturated/α-hetero) is 1. The van der Waals surface area contributed by atoms with E-state index in [-0.39, 0.29) is 5.78 Å². The Morgan fingerprint density at radius 3 is 2.41 bits per heavy atom. The molecule has 0 fully saturated rings.